The monoisotopic (exact) mass is 268 g/mol. The van der Waals surface area contributed by atoms with Crippen molar-refractivity contribution < 1.29 is 9.53 Å². The van der Waals surface area contributed by atoms with Crippen molar-refractivity contribution in [3.8, 4) is 0 Å². The van der Waals surface area contributed by atoms with Crippen molar-refractivity contribution in [2.45, 2.75) is 13.0 Å². The number of hydrogen-bond donors (Lipinski definition) is 1. The minimum absolute atomic E-state index is 0. The average molecular weight is 269 g/mol. The van der Waals surface area contributed by atoms with E-state index in [0.717, 1.165) is 49.8 Å². The summed E-state index contributed by atoms with van der Waals surface area (Å²) in [6, 6.07) is 2.00. The van der Waals surface area contributed by atoms with Crippen LogP contribution in [0.15, 0.2) is 12.1 Å². The molecule has 0 spiro atoms. The first-order valence-electron chi connectivity index (χ1n) is 6.04. The molecule has 0 unspecified atom stereocenters. The normalized spacial score (nSPS) is 19.4. The van der Waals surface area contributed by atoms with Crippen LogP contribution in [0.5, 0.6) is 0 Å². The number of H-pyrrole nitrogens is 1. The Bertz CT molecular complexity index is 462. The molecular weight excluding hydrogens is 252 g/mol. The van der Waals surface area contributed by atoms with Gasteiger partial charge in [-0.25, -0.2) is 0 Å². The Labute approximate surface area is 112 Å². The Balaban J connectivity index is 0.00000120. The number of halogens is 1. The highest BCUT2D eigenvalue weighted by molar-refractivity contribution is 6.02. The Morgan fingerprint density at radius 1 is 1.33 bits per heavy atom. The molecular formula is C13H17ClN2O2. The molecule has 0 radical (unpaired) electrons. The molecule has 0 amide bonds. The first-order chi connectivity index (χ1) is 8.33. The molecule has 0 aromatic carbocycles. The Morgan fingerprint density at radius 3 is 2.83 bits per heavy atom. The molecule has 1 aliphatic carbocycles. The number of carbonyl (C=O) groups is 1. The number of Topliss-reactive ketones (excluding diaryl/α,β-unsaturated/α-hetero) is 1. The number of morpholine rings is 1. The summed E-state index contributed by atoms with van der Waals surface area (Å²) < 4.78 is 5.32. The van der Waals surface area contributed by atoms with Gasteiger partial charge in [-0.2, -0.15) is 0 Å². The summed E-state index contributed by atoms with van der Waals surface area (Å²) >= 11 is 0. The zero-order valence-corrected chi connectivity index (χ0v) is 11.0. The van der Waals surface area contributed by atoms with Crippen LogP contribution in [0.3, 0.4) is 0 Å². The highest BCUT2D eigenvalue weighted by Gasteiger charge is 2.18. The van der Waals surface area contributed by atoms with Crippen molar-refractivity contribution >= 4 is 24.3 Å². The first kappa shape index (κ1) is 13.3. The molecule has 3 rings (SSSR count). The van der Waals surface area contributed by atoms with Crippen LogP contribution >= 0.6 is 12.4 Å². The molecule has 1 saturated heterocycles. The third-order valence-corrected chi connectivity index (χ3v) is 3.29. The van der Waals surface area contributed by atoms with E-state index in [0.29, 0.717) is 6.42 Å². The Morgan fingerprint density at radius 2 is 2.11 bits per heavy atom. The Hall–Kier alpha value is -1.10. The lowest BCUT2D eigenvalue weighted by molar-refractivity contribution is 0.0337. The van der Waals surface area contributed by atoms with E-state index in [1.807, 2.05) is 18.2 Å². The molecule has 2 aliphatic rings. The molecule has 18 heavy (non-hydrogen) atoms. The fourth-order valence-corrected chi connectivity index (χ4v) is 2.37. The number of allylic oxidation sites excluding steroid dienone is 1. The van der Waals surface area contributed by atoms with Crippen molar-refractivity contribution in [2.24, 2.45) is 0 Å². The van der Waals surface area contributed by atoms with Crippen molar-refractivity contribution in [1.29, 1.82) is 0 Å². The lowest BCUT2D eigenvalue weighted by atomic mass is 10.0. The molecule has 5 heteroatoms. The van der Waals surface area contributed by atoms with Crippen molar-refractivity contribution in [2.75, 3.05) is 26.3 Å². The fourth-order valence-electron chi connectivity index (χ4n) is 2.37. The van der Waals surface area contributed by atoms with Gasteiger partial charge in [-0.1, -0.05) is 6.08 Å². The van der Waals surface area contributed by atoms with Gasteiger partial charge in [0.1, 0.15) is 0 Å². The largest absolute Gasteiger partial charge is 0.379 e. The predicted molar refractivity (Wildman–Crippen MR) is 72.1 cm³/mol. The Kier molecular flexibility index (Phi) is 4.22. The number of nitrogens with zero attached hydrogens (tertiary/aromatic N) is 1. The number of ketones is 1. The van der Waals surface area contributed by atoms with Crippen LogP contribution in [-0.4, -0.2) is 42.0 Å². The van der Waals surface area contributed by atoms with Crippen molar-refractivity contribution in [1.82, 2.24) is 9.88 Å². The second-order valence-corrected chi connectivity index (χ2v) is 4.54. The molecule has 0 bridgehead atoms. The minimum atomic E-state index is 0. The van der Waals surface area contributed by atoms with E-state index in [1.165, 1.54) is 0 Å². The highest BCUT2D eigenvalue weighted by Crippen LogP contribution is 2.20. The summed E-state index contributed by atoms with van der Waals surface area (Å²) in [6.07, 6.45) is 4.45. The fraction of sp³-hybridized carbons (Fsp3) is 0.462. The molecule has 98 valence electrons. The molecule has 1 aromatic heterocycles. The summed E-state index contributed by atoms with van der Waals surface area (Å²) in [4.78, 5) is 17.3. The highest BCUT2D eigenvalue weighted by atomic mass is 35.5. The van der Waals surface area contributed by atoms with Gasteiger partial charge in [0.05, 0.1) is 13.2 Å². The van der Waals surface area contributed by atoms with E-state index in [2.05, 4.69) is 9.88 Å². The molecule has 4 nitrogen and oxygen atoms in total. The third-order valence-electron chi connectivity index (χ3n) is 3.29. The number of rotatable bonds is 2. The molecule has 2 heterocycles. The summed E-state index contributed by atoms with van der Waals surface area (Å²) in [5.74, 6) is 0.215. The SMILES string of the molecule is Cl.O=C1CC=Cc2[nH]c(CN3CCOCC3)cc21. The van der Waals surface area contributed by atoms with Gasteiger partial charge < -0.3 is 9.72 Å². The summed E-state index contributed by atoms with van der Waals surface area (Å²) in [5, 5.41) is 0. The van der Waals surface area contributed by atoms with Crippen LogP contribution in [0.2, 0.25) is 0 Å². The average Bonchev–Trinajstić information content (AvgIpc) is 2.74. The van der Waals surface area contributed by atoms with Crippen molar-refractivity contribution in [3.63, 3.8) is 0 Å². The number of aromatic nitrogens is 1. The van der Waals surface area contributed by atoms with Gasteiger partial charge in [0.25, 0.3) is 0 Å². The molecule has 1 fully saturated rings. The molecule has 0 saturated carbocycles. The van der Waals surface area contributed by atoms with Crippen molar-refractivity contribution in [3.05, 3.63) is 29.1 Å². The zero-order valence-electron chi connectivity index (χ0n) is 10.1. The lowest BCUT2D eigenvalue weighted by Crippen LogP contribution is -2.35. The summed E-state index contributed by atoms with van der Waals surface area (Å²) in [6.45, 7) is 4.41. The van der Waals surface area contributed by atoms with Crippen LogP contribution in [0.25, 0.3) is 6.08 Å². The van der Waals surface area contributed by atoms with Crippen LogP contribution < -0.4 is 0 Å². The molecule has 1 N–H and O–H groups in total. The van der Waals surface area contributed by atoms with Crippen LogP contribution in [-0.2, 0) is 11.3 Å². The standard InChI is InChI=1S/C13H16N2O2.ClH/c16-13-3-1-2-12-11(13)8-10(14-12)9-15-4-6-17-7-5-15;/h1-2,8,14H,3-7,9H2;1H. The number of hydrogen-bond acceptors (Lipinski definition) is 3. The maximum atomic E-state index is 11.7. The lowest BCUT2D eigenvalue weighted by Gasteiger charge is -2.25. The van der Waals surface area contributed by atoms with E-state index in [-0.39, 0.29) is 18.2 Å². The van der Waals surface area contributed by atoms with Gasteiger partial charge in [-0.05, 0) is 12.1 Å². The second kappa shape index (κ2) is 5.69. The first-order valence-corrected chi connectivity index (χ1v) is 6.04. The minimum Gasteiger partial charge on any atom is -0.379 e. The number of fused-ring (bicyclic) bond motifs is 1. The third kappa shape index (κ3) is 2.66. The topological polar surface area (TPSA) is 45.3 Å². The van der Waals surface area contributed by atoms with Crippen LogP contribution in [0.4, 0.5) is 0 Å². The number of ether oxygens (including phenoxy) is 1. The maximum absolute atomic E-state index is 11.7. The van der Waals surface area contributed by atoms with E-state index in [1.54, 1.807) is 0 Å². The van der Waals surface area contributed by atoms with E-state index in [4.69, 9.17) is 4.74 Å². The number of aromatic amines is 1. The molecule has 0 atom stereocenters. The van der Waals surface area contributed by atoms with Gasteiger partial charge in [0.2, 0.25) is 0 Å². The number of carbonyl (C=O) groups excluding carboxylic acids is 1. The van der Waals surface area contributed by atoms with Gasteiger partial charge in [0.15, 0.2) is 5.78 Å². The second-order valence-electron chi connectivity index (χ2n) is 4.54. The van der Waals surface area contributed by atoms with Gasteiger partial charge in [-0.3, -0.25) is 9.69 Å². The molecule has 1 aromatic rings. The van der Waals surface area contributed by atoms with Gasteiger partial charge in [0, 0.05) is 43.0 Å². The summed E-state index contributed by atoms with van der Waals surface area (Å²) in [7, 11) is 0. The van der Waals surface area contributed by atoms with E-state index in [9.17, 15) is 4.79 Å². The number of nitrogens with one attached hydrogen (secondary N) is 1. The summed E-state index contributed by atoms with van der Waals surface area (Å²) in [5.41, 5.74) is 2.93. The maximum Gasteiger partial charge on any atom is 0.168 e. The van der Waals surface area contributed by atoms with E-state index < -0.39 is 0 Å². The predicted octanol–water partition coefficient (Wildman–Crippen LogP) is 1.87. The smallest absolute Gasteiger partial charge is 0.168 e. The van der Waals surface area contributed by atoms with Crippen LogP contribution in [0.1, 0.15) is 28.2 Å². The van der Waals surface area contributed by atoms with Gasteiger partial charge >= 0.3 is 0 Å². The molecule has 1 aliphatic heterocycles. The van der Waals surface area contributed by atoms with Crippen LogP contribution in [0, 0.1) is 0 Å². The van der Waals surface area contributed by atoms with E-state index >= 15 is 0 Å². The van der Waals surface area contributed by atoms with Gasteiger partial charge in [-0.15, -0.1) is 12.4 Å². The quantitative estimate of drug-likeness (QED) is 0.891. The zero-order chi connectivity index (χ0) is 11.7.